The maximum absolute atomic E-state index is 13.1. The van der Waals surface area contributed by atoms with Crippen molar-refractivity contribution in [3.63, 3.8) is 0 Å². The van der Waals surface area contributed by atoms with Crippen molar-refractivity contribution in [1.82, 2.24) is 0 Å². The Morgan fingerprint density at radius 1 is 0.562 bits per heavy atom. The molecule has 3 unspecified atom stereocenters. The highest BCUT2D eigenvalue weighted by Crippen LogP contribution is 2.60. The number of carbonyl (C=O) groups is 1. The quantitative estimate of drug-likeness (QED) is 0.0587. The van der Waals surface area contributed by atoms with E-state index in [1.165, 1.54) is 70.6 Å². The fourth-order valence-corrected chi connectivity index (χ4v) is 3.81. The van der Waals surface area contributed by atoms with Gasteiger partial charge in [-0.15, -0.1) is 0 Å². The van der Waals surface area contributed by atoms with Gasteiger partial charge in [0.25, 0.3) is 6.43 Å². The predicted octanol–water partition coefficient (Wildman–Crippen LogP) is 11.1. The number of rotatable bonds is 24. The molecule has 0 aromatic carbocycles. The fraction of sp³-hybridized carbons (Fsp3) is 0.893. The number of hydrogen-bond donors (Lipinski definition) is 2. The third-order valence-corrected chi connectivity index (χ3v) is 6.80. The van der Waals surface area contributed by atoms with E-state index in [0.717, 1.165) is 12.8 Å². The Balaban J connectivity index is 0. The molecule has 0 aliphatic heterocycles. The Labute approximate surface area is 265 Å². The number of carboxylic acid groups (broad SMARTS) is 1. The largest absolute Gasteiger partial charge is 0.481 e. The van der Waals surface area contributed by atoms with Gasteiger partial charge in [-0.1, -0.05) is 70.4 Å². The summed E-state index contributed by atoms with van der Waals surface area (Å²) in [5.41, 5.74) is 0. The van der Waals surface area contributed by atoms with Crippen molar-refractivity contribution in [3.05, 3.63) is 12.2 Å². The van der Waals surface area contributed by atoms with E-state index in [-0.39, 0.29) is 0 Å². The molecule has 3 atom stereocenters. The SMILES string of the molecule is CCCCCCCCC=CCCCCCCCC(=O)O.OC(F)(F)C(F)(F)C(F)(F)C(F)(F)C(F)(F)C(F)(F)C(F)C(F)C(F)C(F)F. The average Bonchev–Trinajstić information content (AvgIpc) is 2.97. The standard InChI is InChI=1S/C18H34O2.C10H5F17O/c1-2-3-4-5-6-7-8-9-10-11-12-13-14-15-16-17-18(19)20;11-1(2(12)4(14)15)3(13)5(16,17)6(18,19)7(20,21)8(22,23)9(24,25)10(26,27)28/h9-10H,2-8,11-17H2,1H3,(H,19,20);1-4,28H. The van der Waals surface area contributed by atoms with E-state index in [0.29, 0.717) is 6.42 Å². The molecule has 0 fully saturated rings. The first kappa shape index (κ1) is 48.1. The van der Waals surface area contributed by atoms with E-state index in [2.05, 4.69) is 19.1 Å². The first-order valence-corrected chi connectivity index (χ1v) is 14.8. The summed E-state index contributed by atoms with van der Waals surface area (Å²) in [5, 5.41) is 16.0. The third-order valence-electron chi connectivity index (χ3n) is 6.80. The molecule has 0 aromatic rings. The molecule has 288 valence electrons. The van der Waals surface area contributed by atoms with Crippen molar-refractivity contribution in [2.24, 2.45) is 0 Å². The molecule has 0 saturated heterocycles. The van der Waals surface area contributed by atoms with Crippen LogP contribution in [0, 0.1) is 0 Å². The summed E-state index contributed by atoms with van der Waals surface area (Å²) in [7, 11) is 0. The van der Waals surface area contributed by atoms with Crippen LogP contribution >= 0.6 is 0 Å². The van der Waals surface area contributed by atoms with Gasteiger partial charge in [-0.25, -0.2) is 22.0 Å². The van der Waals surface area contributed by atoms with E-state index in [1.807, 2.05) is 0 Å². The van der Waals surface area contributed by atoms with Crippen LogP contribution in [0.4, 0.5) is 74.6 Å². The highest BCUT2D eigenvalue weighted by Gasteiger charge is 2.91. The van der Waals surface area contributed by atoms with Gasteiger partial charge in [0.05, 0.1) is 0 Å². The Bertz CT molecular complexity index is 923. The lowest BCUT2D eigenvalue weighted by atomic mass is 9.90. The van der Waals surface area contributed by atoms with E-state index < -0.39 is 66.6 Å². The van der Waals surface area contributed by atoms with Crippen molar-refractivity contribution in [3.8, 4) is 0 Å². The van der Waals surface area contributed by atoms with Gasteiger partial charge in [0.1, 0.15) is 0 Å². The van der Waals surface area contributed by atoms with Crippen LogP contribution in [0.15, 0.2) is 12.2 Å². The molecule has 0 aromatic heterocycles. The third kappa shape index (κ3) is 13.4. The Morgan fingerprint density at radius 3 is 1.31 bits per heavy atom. The number of unbranched alkanes of at least 4 members (excludes halogenated alkanes) is 11. The zero-order valence-electron chi connectivity index (χ0n) is 25.6. The second-order valence-corrected chi connectivity index (χ2v) is 10.8. The summed E-state index contributed by atoms with van der Waals surface area (Å²) < 4.78 is 215. The molecule has 2 N–H and O–H groups in total. The number of aliphatic hydroxyl groups is 1. The van der Waals surface area contributed by atoms with Crippen LogP contribution in [0.2, 0.25) is 0 Å². The smallest absolute Gasteiger partial charge is 0.423 e. The number of alkyl halides is 17. The van der Waals surface area contributed by atoms with E-state index in [4.69, 9.17) is 10.2 Å². The molecule has 0 heterocycles. The summed E-state index contributed by atoms with van der Waals surface area (Å²) in [6.45, 7) is 2.26. The lowest BCUT2D eigenvalue weighted by Crippen LogP contribution is -2.72. The van der Waals surface area contributed by atoms with Gasteiger partial charge in [0.2, 0.25) is 6.17 Å². The van der Waals surface area contributed by atoms with Gasteiger partial charge in [0, 0.05) is 6.42 Å². The van der Waals surface area contributed by atoms with Crippen LogP contribution in [0.5, 0.6) is 0 Å². The highest BCUT2D eigenvalue weighted by atomic mass is 19.4. The molecule has 0 aliphatic carbocycles. The van der Waals surface area contributed by atoms with Crippen LogP contribution in [0.1, 0.15) is 96.8 Å². The molecule has 0 spiro atoms. The van der Waals surface area contributed by atoms with Crippen molar-refractivity contribution >= 4 is 5.97 Å². The average molecular weight is 747 g/mol. The minimum Gasteiger partial charge on any atom is -0.481 e. The predicted molar refractivity (Wildman–Crippen MR) is 140 cm³/mol. The minimum absolute atomic E-state index is 0.332. The van der Waals surface area contributed by atoms with Gasteiger partial charge in [-0.2, -0.15) is 52.7 Å². The zero-order chi connectivity index (χ0) is 38.2. The Morgan fingerprint density at radius 2 is 0.938 bits per heavy atom. The molecule has 20 heteroatoms. The number of halogens is 17. The number of aliphatic carboxylic acids is 1. The molecule has 0 saturated carbocycles. The molecule has 0 radical (unpaired) electrons. The summed E-state index contributed by atoms with van der Waals surface area (Å²) in [6.07, 6.45) is -6.19. The van der Waals surface area contributed by atoms with E-state index in [1.54, 1.807) is 0 Å². The number of carboxylic acids is 1. The monoisotopic (exact) mass is 746 g/mol. The normalized spacial score (nSPS) is 15.8. The lowest BCUT2D eigenvalue weighted by molar-refractivity contribution is -0.454. The number of hydrogen-bond acceptors (Lipinski definition) is 2. The van der Waals surface area contributed by atoms with Crippen molar-refractivity contribution < 1.29 is 89.6 Å². The highest BCUT2D eigenvalue weighted by molar-refractivity contribution is 5.66. The van der Waals surface area contributed by atoms with Crippen LogP contribution in [-0.4, -0.2) is 76.8 Å². The van der Waals surface area contributed by atoms with Crippen molar-refractivity contribution in [2.45, 2.75) is 157 Å². The zero-order valence-corrected chi connectivity index (χ0v) is 25.6. The Kier molecular flexibility index (Phi) is 20.6. The van der Waals surface area contributed by atoms with Gasteiger partial charge >= 0.3 is 41.7 Å². The molecular formula is C28H39F17O3. The number of allylic oxidation sites excluding steroid dienone is 2. The lowest BCUT2D eigenvalue weighted by Gasteiger charge is -2.41. The van der Waals surface area contributed by atoms with Crippen LogP contribution in [-0.2, 0) is 4.79 Å². The molecule has 0 amide bonds. The fourth-order valence-electron chi connectivity index (χ4n) is 3.81. The first-order chi connectivity index (χ1) is 21.7. The minimum atomic E-state index is -8.36. The molecule has 0 bridgehead atoms. The maximum Gasteiger partial charge on any atom is 0.423 e. The summed E-state index contributed by atoms with van der Waals surface area (Å²) in [4.78, 5) is 10.3. The van der Waals surface area contributed by atoms with Crippen molar-refractivity contribution in [1.29, 1.82) is 0 Å². The first-order valence-electron chi connectivity index (χ1n) is 14.8. The van der Waals surface area contributed by atoms with Crippen molar-refractivity contribution in [2.75, 3.05) is 0 Å². The second-order valence-electron chi connectivity index (χ2n) is 10.8. The summed E-state index contributed by atoms with van der Waals surface area (Å²) in [5.74, 6) is -41.0. The van der Waals surface area contributed by atoms with Crippen LogP contribution in [0.25, 0.3) is 0 Å². The molecule has 48 heavy (non-hydrogen) atoms. The van der Waals surface area contributed by atoms with Gasteiger partial charge in [-0.3, -0.25) is 4.79 Å². The van der Waals surface area contributed by atoms with Gasteiger partial charge in [-0.05, 0) is 32.1 Å². The molecule has 3 nitrogen and oxygen atoms in total. The molecule has 0 rings (SSSR count). The van der Waals surface area contributed by atoms with Gasteiger partial charge < -0.3 is 10.2 Å². The summed E-state index contributed by atoms with van der Waals surface area (Å²) >= 11 is 0. The topological polar surface area (TPSA) is 57.5 Å². The van der Waals surface area contributed by atoms with Gasteiger partial charge in [0.15, 0.2) is 12.3 Å². The van der Waals surface area contributed by atoms with E-state index in [9.17, 15) is 79.4 Å². The molecular weight excluding hydrogens is 707 g/mol. The van der Waals surface area contributed by atoms with E-state index >= 15 is 0 Å². The Hall–Kier alpha value is -2.02. The van der Waals surface area contributed by atoms with Crippen LogP contribution in [0.3, 0.4) is 0 Å². The maximum atomic E-state index is 13.1. The summed E-state index contributed by atoms with van der Waals surface area (Å²) in [6, 6.07) is 0. The molecule has 0 aliphatic rings. The van der Waals surface area contributed by atoms with Crippen LogP contribution < -0.4 is 0 Å². The second kappa shape index (κ2) is 20.6.